The van der Waals surface area contributed by atoms with Gasteiger partial charge in [0.2, 0.25) is 0 Å². The third-order valence-corrected chi connectivity index (χ3v) is 4.68. The summed E-state index contributed by atoms with van der Waals surface area (Å²) < 4.78 is 5.62. The highest BCUT2D eigenvalue weighted by molar-refractivity contribution is 7.80. The molecular formula is C16H24N4OS. The van der Waals surface area contributed by atoms with Crippen molar-refractivity contribution in [2.24, 2.45) is 0 Å². The van der Waals surface area contributed by atoms with E-state index in [0.717, 1.165) is 63.1 Å². The van der Waals surface area contributed by atoms with Gasteiger partial charge in [-0.05, 0) is 37.2 Å². The van der Waals surface area contributed by atoms with E-state index in [-0.39, 0.29) is 0 Å². The number of hydrogen-bond acceptors (Lipinski definition) is 4. The fourth-order valence-corrected chi connectivity index (χ4v) is 3.21. The monoisotopic (exact) mass is 320 g/mol. The lowest BCUT2D eigenvalue weighted by Gasteiger charge is -2.36. The molecule has 1 aromatic heterocycles. The van der Waals surface area contributed by atoms with Crippen molar-refractivity contribution in [3.05, 3.63) is 30.1 Å². The fourth-order valence-electron chi connectivity index (χ4n) is 2.95. The third-order valence-electron chi connectivity index (χ3n) is 4.28. The Bertz CT molecular complexity index is 470. The van der Waals surface area contributed by atoms with E-state index < -0.39 is 0 Å². The van der Waals surface area contributed by atoms with Gasteiger partial charge in [-0.1, -0.05) is 6.07 Å². The lowest BCUT2D eigenvalue weighted by molar-refractivity contribution is 0.112. The maximum atomic E-state index is 5.62. The van der Waals surface area contributed by atoms with Crippen molar-refractivity contribution in [2.75, 3.05) is 39.3 Å². The topological polar surface area (TPSA) is 40.6 Å². The number of aromatic nitrogens is 1. The van der Waals surface area contributed by atoms with Gasteiger partial charge in [0.15, 0.2) is 5.11 Å². The molecule has 0 saturated carbocycles. The van der Waals surface area contributed by atoms with Crippen molar-refractivity contribution in [1.82, 2.24) is 20.1 Å². The van der Waals surface area contributed by atoms with E-state index >= 15 is 0 Å². The van der Waals surface area contributed by atoms with E-state index in [1.807, 2.05) is 18.3 Å². The summed E-state index contributed by atoms with van der Waals surface area (Å²) in [5.74, 6) is 0. The SMILES string of the molecule is S=C(NC[C@@H]1CCCO1)N1CCN(Cc2ccccn2)CC1. The highest BCUT2D eigenvalue weighted by Crippen LogP contribution is 2.11. The van der Waals surface area contributed by atoms with Gasteiger partial charge in [0.25, 0.3) is 0 Å². The Kier molecular flexibility index (Phi) is 5.58. The van der Waals surface area contributed by atoms with E-state index in [2.05, 4.69) is 26.2 Å². The normalized spacial score (nSPS) is 22.7. The molecule has 22 heavy (non-hydrogen) atoms. The number of nitrogens with zero attached hydrogens (tertiary/aromatic N) is 3. The predicted octanol–water partition coefficient (Wildman–Crippen LogP) is 1.25. The summed E-state index contributed by atoms with van der Waals surface area (Å²) >= 11 is 5.51. The Morgan fingerprint density at radius 2 is 2.18 bits per heavy atom. The molecule has 5 nitrogen and oxygen atoms in total. The molecule has 3 rings (SSSR count). The molecule has 0 amide bonds. The molecule has 0 unspecified atom stereocenters. The van der Waals surface area contributed by atoms with Gasteiger partial charge in [-0.15, -0.1) is 0 Å². The highest BCUT2D eigenvalue weighted by atomic mass is 32.1. The van der Waals surface area contributed by atoms with Gasteiger partial charge in [-0.25, -0.2) is 0 Å². The average molecular weight is 320 g/mol. The van der Waals surface area contributed by atoms with E-state index in [4.69, 9.17) is 17.0 Å². The van der Waals surface area contributed by atoms with Crippen LogP contribution < -0.4 is 5.32 Å². The van der Waals surface area contributed by atoms with Gasteiger partial charge >= 0.3 is 0 Å². The van der Waals surface area contributed by atoms with Crippen LogP contribution >= 0.6 is 12.2 Å². The Balaban J connectivity index is 1.38. The number of nitrogens with one attached hydrogen (secondary N) is 1. The Hall–Kier alpha value is -1.24. The summed E-state index contributed by atoms with van der Waals surface area (Å²) in [5, 5.41) is 4.23. The minimum absolute atomic E-state index is 0.336. The molecule has 2 aliphatic heterocycles. The van der Waals surface area contributed by atoms with Crippen LogP contribution in [0.5, 0.6) is 0 Å². The van der Waals surface area contributed by atoms with E-state index in [9.17, 15) is 0 Å². The minimum Gasteiger partial charge on any atom is -0.376 e. The number of thiocarbonyl (C=S) groups is 1. The molecule has 2 saturated heterocycles. The van der Waals surface area contributed by atoms with Crippen LogP contribution in [0.15, 0.2) is 24.4 Å². The van der Waals surface area contributed by atoms with Gasteiger partial charge < -0.3 is 15.0 Å². The van der Waals surface area contributed by atoms with Crippen LogP contribution in [-0.4, -0.2) is 65.3 Å². The second-order valence-electron chi connectivity index (χ2n) is 5.91. The van der Waals surface area contributed by atoms with Crippen LogP contribution in [0, 0.1) is 0 Å². The van der Waals surface area contributed by atoms with Crippen molar-refractivity contribution in [1.29, 1.82) is 0 Å². The standard InChI is InChI=1S/C16H24N4OS/c22-16(18-12-15-5-3-11-21-15)20-9-7-19(8-10-20)13-14-4-1-2-6-17-14/h1-2,4,6,15H,3,5,7-13H2,(H,18,22)/t15-/m0/s1. The van der Waals surface area contributed by atoms with Gasteiger partial charge in [-0.3, -0.25) is 9.88 Å². The lowest BCUT2D eigenvalue weighted by Crippen LogP contribution is -2.52. The van der Waals surface area contributed by atoms with E-state index in [1.165, 1.54) is 6.42 Å². The van der Waals surface area contributed by atoms with Crippen molar-refractivity contribution < 1.29 is 4.74 Å². The second kappa shape index (κ2) is 7.85. The number of piperazine rings is 1. The molecule has 0 radical (unpaired) electrons. The second-order valence-corrected chi connectivity index (χ2v) is 6.29. The summed E-state index contributed by atoms with van der Waals surface area (Å²) in [5.41, 5.74) is 1.13. The quantitative estimate of drug-likeness (QED) is 0.842. The number of pyridine rings is 1. The largest absolute Gasteiger partial charge is 0.376 e. The van der Waals surface area contributed by atoms with Crippen LogP contribution in [0.3, 0.4) is 0 Å². The number of ether oxygens (including phenoxy) is 1. The van der Waals surface area contributed by atoms with Crippen molar-refractivity contribution in [3.8, 4) is 0 Å². The van der Waals surface area contributed by atoms with Crippen LogP contribution in [0.1, 0.15) is 18.5 Å². The Labute approximate surface area is 137 Å². The summed E-state index contributed by atoms with van der Waals surface area (Å²) in [4.78, 5) is 9.09. The number of rotatable bonds is 4. The molecule has 1 atom stereocenters. The molecule has 0 spiro atoms. The van der Waals surface area contributed by atoms with Gasteiger partial charge in [0, 0.05) is 52.1 Å². The summed E-state index contributed by atoms with van der Waals surface area (Å²) in [6, 6.07) is 6.09. The zero-order chi connectivity index (χ0) is 15.2. The van der Waals surface area contributed by atoms with E-state index in [0.29, 0.717) is 6.10 Å². The molecule has 0 aliphatic carbocycles. The van der Waals surface area contributed by atoms with Crippen LogP contribution in [0.2, 0.25) is 0 Å². The lowest BCUT2D eigenvalue weighted by atomic mass is 10.2. The zero-order valence-corrected chi connectivity index (χ0v) is 13.7. The first-order valence-electron chi connectivity index (χ1n) is 8.08. The molecular weight excluding hydrogens is 296 g/mol. The number of hydrogen-bond donors (Lipinski definition) is 1. The van der Waals surface area contributed by atoms with Crippen molar-refractivity contribution in [3.63, 3.8) is 0 Å². The molecule has 1 N–H and O–H groups in total. The van der Waals surface area contributed by atoms with Gasteiger partial charge in [-0.2, -0.15) is 0 Å². The van der Waals surface area contributed by atoms with Crippen molar-refractivity contribution >= 4 is 17.3 Å². The predicted molar refractivity (Wildman–Crippen MR) is 90.7 cm³/mol. The molecule has 2 aliphatic rings. The van der Waals surface area contributed by atoms with Crippen LogP contribution in [0.4, 0.5) is 0 Å². The highest BCUT2D eigenvalue weighted by Gasteiger charge is 2.21. The molecule has 1 aromatic rings. The summed E-state index contributed by atoms with van der Waals surface area (Å²) in [6.07, 6.45) is 4.51. The summed E-state index contributed by atoms with van der Waals surface area (Å²) in [7, 11) is 0. The van der Waals surface area contributed by atoms with Gasteiger partial charge in [0.05, 0.1) is 11.8 Å². The zero-order valence-electron chi connectivity index (χ0n) is 12.9. The summed E-state index contributed by atoms with van der Waals surface area (Å²) in [6.45, 7) is 6.66. The first kappa shape index (κ1) is 15.6. The maximum Gasteiger partial charge on any atom is 0.169 e. The molecule has 6 heteroatoms. The minimum atomic E-state index is 0.336. The first-order valence-corrected chi connectivity index (χ1v) is 8.49. The Morgan fingerprint density at radius 1 is 1.32 bits per heavy atom. The fraction of sp³-hybridized carbons (Fsp3) is 0.625. The maximum absolute atomic E-state index is 5.62. The third kappa shape index (κ3) is 4.38. The molecule has 0 aromatic carbocycles. The molecule has 2 fully saturated rings. The smallest absolute Gasteiger partial charge is 0.169 e. The molecule has 0 bridgehead atoms. The van der Waals surface area contributed by atoms with E-state index in [1.54, 1.807) is 0 Å². The van der Waals surface area contributed by atoms with Crippen LogP contribution in [-0.2, 0) is 11.3 Å². The Morgan fingerprint density at radius 3 is 2.86 bits per heavy atom. The first-order chi connectivity index (χ1) is 10.8. The molecule has 120 valence electrons. The average Bonchev–Trinajstić information content (AvgIpc) is 3.08. The van der Waals surface area contributed by atoms with Crippen molar-refractivity contribution in [2.45, 2.75) is 25.5 Å². The van der Waals surface area contributed by atoms with Crippen LogP contribution in [0.25, 0.3) is 0 Å². The molecule has 3 heterocycles. The van der Waals surface area contributed by atoms with Gasteiger partial charge in [0.1, 0.15) is 0 Å².